The molecule has 0 saturated heterocycles. The Morgan fingerprint density at radius 2 is 1.87 bits per heavy atom. The second-order valence-corrected chi connectivity index (χ2v) is 10.8. The number of aliphatic hydroxyl groups is 1. The van der Waals surface area contributed by atoms with Gasteiger partial charge in [-0.3, -0.25) is 19.5 Å². The Hall–Kier alpha value is -4.11. The molecule has 4 aliphatic rings. The number of amidine groups is 1. The highest BCUT2D eigenvalue weighted by molar-refractivity contribution is 6.16. The predicted octanol–water partition coefficient (Wildman–Crippen LogP) is 2.80. The van der Waals surface area contributed by atoms with Gasteiger partial charge in [-0.1, -0.05) is 31.0 Å². The van der Waals surface area contributed by atoms with Crippen LogP contribution in [0, 0.1) is 0 Å². The van der Waals surface area contributed by atoms with Crippen molar-refractivity contribution in [3.8, 4) is 0 Å². The summed E-state index contributed by atoms with van der Waals surface area (Å²) >= 11 is 0. The number of hydrogen-bond donors (Lipinski definition) is 3. The molecule has 1 fully saturated rings. The van der Waals surface area contributed by atoms with Crippen molar-refractivity contribution in [3.05, 3.63) is 83.3 Å². The summed E-state index contributed by atoms with van der Waals surface area (Å²) in [7, 11) is 0. The zero-order chi connectivity index (χ0) is 25.9. The fourth-order valence-electron chi connectivity index (χ4n) is 6.63. The lowest BCUT2D eigenvalue weighted by Gasteiger charge is -2.27. The average molecular weight is 509 g/mol. The summed E-state index contributed by atoms with van der Waals surface area (Å²) in [5.41, 5.74) is 3.26. The Bertz CT molecular complexity index is 1480. The topological polar surface area (TPSA) is 120 Å². The average Bonchev–Trinajstić information content (AvgIpc) is 3.68. The number of pyridine rings is 2. The van der Waals surface area contributed by atoms with E-state index in [0.717, 1.165) is 35.3 Å². The van der Waals surface area contributed by atoms with Crippen LogP contribution in [0.1, 0.15) is 48.1 Å². The summed E-state index contributed by atoms with van der Waals surface area (Å²) in [5.74, 6) is 0.791. The molecule has 2 spiro atoms. The Morgan fingerprint density at radius 3 is 2.68 bits per heavy atom. The lowest BCUT2D eigenvalue weighted by atomic mass is 9.79. The Balaban J connectivity index is 1.11. The van der Waals surface area contributed by atoms with Gasteiger partial charge in [0.1, 0.15) is 29.8 Å². The number of aliphatic hydroxyl groups excluding tert-OH is 1. The van der Waals surface area contributed by atoms with E-state index in [9.17, 15) is 14.7 Å². The van der Waals surface area contributed by atoms with E-state index >= 15 is 0 Å². The summed E-state index contributed by atoms with van der Waals surface area (Å²) in [6.07, 6.45) is 7.29. The van der Waals surface area contributed by atoms with Crippen LogP contribution in [-0.4, -0.2) is 55.9 Å². The number of nitrogens with zero attached hydrogens (tertiary/aromatic N) is 4. The van der Waals surface area contributed by atoms with Crippen LogP contribution in [-0.2, 0) is 27.8 Å². The minimum absolute atomic E-state index is 0.114. The van der Waals surface area contributed by atoms with Crippen LogP contribution in [0.2, 0.25) is 0 Å². The number of fused-ring (bicyclic) bond motifs is 3. The molecule has 9 nitrogen and oxygen atoms in total. The van der Waals surface area contributed by atoms with E-state index < -0.39 is 17.2 Å². The lowest BCUT2D eigenvalue weighted by molar-refractivity contribution is -0.133. The molecule has 3 N–H and O–H groups in total. The maximum atomic E-state index is 13.5. The summed E-state index contributed by atoms with van der Waals surface area (Å²) < 4.78 is 0. The standard InChI is InChI=1S/C29H28N6O3/c36-23(17-35-25(22-7-1-4-12-30-22)34-29(27(35)38)10-2-3-11-29)32-20-9-8-18-15-28(16-19(18)14-20)21-6-5-13-31-24(21)33-26(28)37/h1,4-9,12-14,26,37H,2-3,10-11,15-17H2,(H,31,33)(H,32,36)/t26-,28?/m1/s1. The minimum Gasteiger partial charge on any atom is -0.373 e. The number of hydrogen-bond acceptors (Lipinski definition) is 7. The second kappa shape index (κ2) is 8.46. The van der Waals surface area contributed by atoms with Crippen LogP contribution in [0.4, 0.5) is 11.5 Å². The van der Waals surface area contributed by atoms with Gasteiger partial charge in [0.05, 0.1) is 5.41 Å². The molecular weight excluding hydrogens is 480 g/mol. The highest BCUT2D eigenvalue weighted by atomic mass is 16.3. The molecule has 0 radical (unpaired) electrons. The number of aromatic nitrogens is 2. The van der Waals surface area contributed by atoms with Crippen LogP contribution in [0.5, 0.6) is 0 Å². The fraction of sp³-hybridized carbons (Fsp3) is 0.345. The Kier molecular flexibility index (Phi) is 5.13. The van der Waals surface area contributed by atoms with Crippen LogP contribution in [0.25, 0.3) is 0 Å². The first-order valence-corrected chi connectivity index (χ1v) is 13.1. The first-order valence-electron chi connectivity index (χ1n) is 13.1. The zero-order valence-electron chi connectivity index (χ0n) is 20.9. The van der Waals surface area contributed by atoms with E-state index in [-0.39, 0.29) is 18.4 Å². The van der Waals surface area contributed by atoms with Crippen LogP contribution in [0.3, 0.4) is 0 Å². The van der Waals surface area contributed by atoms with E-state index in [1.807, 2.05) is 48.5 Å². The number of carbonyl (C=O) groups is 2. The number of benzene rings is 1. The van der Waals surface area contributed by atoms with E-state index in [1.54, 1.807) is 12.4 Å². The molecule has 7 rings (SSSR count). The molecule has 1 unspecified atom stereocenters. The Morgan fingerprint density at radius 1 is 1.05 bits per heavy atom. The van der Waals surface area contributed by atoms with Crippen molar-refractivity contribution in [2.45, 2.75) is 55.7 Å². The van der Waals surface area contributed by atoms with Crippen LogP contribution in [0.15, 0.2) is 65.9 Å². The van der Waals surface area contributed by atoms with E-state index in [4.69, 9.17) is 4.99 Å². The third-order valence-corrected chi connectivity index (χ3v) is 8.49. The quantitative estimate of drug-likeness (QED) is 0.499. The Labute approximate surface area is 220 Å². The van der Waals surface area contributed by atoms with Gasteiger partial charge in [0.25, 0.3) is 5.91 Å². The van der Waals surface area contributed by atoms with Crippen molar-refractivity contribution >= 4 is 29.2 Å². The molecular formula is C29H28N6O3. The summed E-state index contributed by atoms with van der Waals surface area (Å²) in [4.78, 5) is 41.8. The summed E-state index contributed by atoms with van der Waals surface area (Å²) in [6.45, 7) is -0.126. The minimum atomic E-state index is -0.768. The monoisotopic (exact) mass is 508 g/mol. The molecule has 2 atom stereocenters. The third-order valence-electron chi connectivity index (χ3n) is 8.49. The predicted molar refractivity (Wildman–Crippen MR) is 142 cm³/mol. The van der Waals surface area contributed by atoms with Gasteiger partial charge >= 0.3 is 0 Å². The third kappa shape index (κ3) is 3.45. The molecule has 2 aromatic heterocycles. The highest BCUT2D eigenvalue weighted by Gasteiger charge is 2.52. The van der Waals surface area contributed by atoms with E-state index in [2.05, 4.69) is 20.6 Å². The van der Waals surface area contributed by atoms with E-state index in [1.165, 1.54) is 4.90 Å². The largest absolute Gasteiger partial charge is 0.373 e. The summed E-state index contributed by atoms with van der Waals surface area (Å²) in [6, 6.07) is 15.3. The van der Waals surface area contributed by atoms with Crippen LogP contribution < -0.4 is 10.6 Å². The first kappa shape index (κ1) is 23.0. The zero-order valence-corrected chi connectivity index (χ0v) is 20.9. The maximum Gasteiger partial charge on any atom is 0.256 e. The lowest BCUT2D eigenvalue weighted by Crippen LogP contribution is -2.45. The van der Waals surface area contributed by atoms with Gasteiger partial charge in [-0.15, -0.1) is 0 Å². The van der Waals surface area contributed by atoms with Gasteiger partial charge in [0.15, 0.2) is 5.84 Å². The normalized spacial score (nSPS) is 24.4. The second-order valence-electron chi connectivity index (χ2n) is 10.8. The molecule has 2 amide bonds. The van der Waals surface area contributed by atoms with Gasteiger partial charge in [-0.2, -0.15) is 0 Å². The molecule has 0 bridgehead atoms. The molecule has 38 heavy (non-hydrogen) atoms. The molecule has 3 aromatic rings. The van der Waals surface area contributed by atoms with Crippen molar-refractivity contribution in [2.75, 3.05) is 17.2 Å². The SMILES string of the molecule is O=C(CN1C(=O)C2(CCCC2)N=C1c1ccccn1)Nc1ccc2c(c1)CC1(C2)c2cccnc2N[C@@H]1O. The smallest absolute Gasteiger partial charge is 0.256 e. The molecule has 4 heterocycles. The summed E-state index contributed by atoms with van der Waals surface area (Å²) in [5, 5.41) is 17.0. The molecule has 192 valence electrons. The van der Waals surface area contributed by atoms with Gasteiger partial charge in [0.2, 0.25) is 5.91 Å². The van der Waals surface area contributed by atoms with Gasteiger partial charge < -0.3 is 15.7 Å². The molecule has 1 aromatic carbocycles. The highest BCUT2D eigenvalue weighted by Crippen LogP contribution is 2.49. The molecule has 1 saturated carbocycles. The first-order chi connectivity index (χ1) is 18.5. The van der Waals surface area contributed by atoms with E-state index in [0.29, 0.717) is 42.9 Å². The number of rotatable bonds is 4. The number of amides is 2. The van der Waals surface area contributed by atoms with Crippen LogP contribution >= 0.6 is 0 Å². The molecule has 2 aliphatic carbocycles. The number of aliphatic imine (C=N–C) groups is 1. The molecule has 9 heteroatoms. The van der Waals surface area contributed by atoms with Gasteiger partial charge in [-0.25, -0.2) is 9.98 Å². The van der Waals surface area contributed by atoms with Crippen molar-refractivity contribution in [3.63, 3.8) is 0 Å². The van der Waals surface area contributed by atoms with Crippen molar-refractivity contribution in [1.82, 2.24) is 14.9 Å². The number of nitrogens with one attached hydrogen (secondary N) is 2. The van der Waals surface area contributed by atoms with Crippen molar-refractivity contribution < 1.29 is 14.7 Å². The molecule has 2 aliphatic heterocycles. The van der Waals surface area contributed by atoms with Crippen molar-refractivity contribution in [1.29, 1.82) is 0 Å². The van der Waals surface area contributed by atoms with Gasteiger partial charge in [-0.05, 0) is 67.1 Å². The number of anilines is 2. The van der Waals surface area contributed by atoms with Crippen molar-refractivity contribution in [2.24, 2.45) is 4.99 Å². The maximum absolute atomic E-state index is 13.5. The number of carbonyl (C=O) groups excluding carboxylic acids is 2. The van der Waals surface area contributed by atoms with Gasteiger partial charge in [0, 0.05) is 23.6 Å². The fourth-order valence-corrected chi connectivity index (χ4v) is 6.63.